The monoisotopic (exact) mass is 308 g/mol. The maximum atomic E-state index is 5.87. The van der Waals surface area contributed by atoms with Crippen LogP contribution in [0.1, 0.15) is 30.4 Å². The van der Waals surface area contributed by atoms with Gasteiger partial charge in [-0.2, -0.15) is 0 Å². The molecule has 1 heterocycles. The highest BCUT2D eigenvalue weighted by atomic mass is 16.5. The third kappa shape index (κ3) is 3.25. The Labute approximate surface area is 137 Å². The zero-order valence-electron chi connectivity index (χ0n) is 13.8. The van der Waals surface area contributed by atoms with Crippen molar-refractivity contribution in [3.05, 3.63) is 65.9 Å². The molecule has 3 nitrogen and oxygen atoms in total. The quantitative estimate of drug-likeness (QED) is 0.682. The fourth-order valence-electron chi connectivity index (χ4n) is 3.20. The van der Waals surface area contributed by atoms with E-state index in [1.807, 2.05) is 20.0 Å². The van der Waals surface area contributed by atoms with Gasteiger partial charge in [0.05, 0.1) is 6.61 Å². The van der Waals surface area contributed by atoms with Crippen LogP contribution in [0.25, 0.3) is 10.9 Å². The molecule has 1 atom stereocenters. The molecular weight excluding hydrogens is 284 g/mol. The van der Waals surface area contributed by atoms with Gasteiger partial charge in [-0.05, 0) is 50.2 Å². The lowest BCUT2D eigenvalue weighted by Crippen LogP contribution is -2.13. The van der Waals surface area contributed by atoms with Crippen LogP contribution in [0.4, 0.5) is 0 Å². The van der Waals surface area contributed by atoms with Crippen molar-refractivity contribution in [2.75, 3.05) is 20.2 Å². The van der Waals surface area contributed by atoms with Gasteiger partial charge in [-0.15, -0.1) is 0 Å². The van der Waals surface area contributed by atoms with Gasteiger partial charge in [0.15, 0.2) is 0 Å². The molecule has 0 bridgehead atoms. The van der Waals surface area contributed by atoms with E-state index in [1.165, 1.54) is 16.5 Å². The van der Waals surface area contributed by atoms with Crippen LogP contribution < -0.4 is 10.1 Å². The zero-order chi connectivity index (χ0) is 16.1. The minimum atomic E-state index is 0.346. The van der Waals surface area contributed by atoms with Gasteiger partial charge in [0.25, 0.3) is 0 Å². The SMILES string of the molecule is CCOc1cccc2[nH]cc(C(CCNC)c3ccccc3)c12. The molecule has 3 heteroatoms. The van der Waals surface area contributed by atoms with Crippen molar-refractivity contribution >= 4 is 10.9 Å². The fraction of sp³-hybridized carbons (Fsp3) is 0.300. The van der Waals surface area contributed by atoms with Gasteiger partial charge in [0, 0.05) is 23.0 Å². The number of ether oxygens (including phenoxy) is 1. The van der Waals surface area contributed by atoms with Gasteiger partial charge in [0.2, 0.25) is 0 Å². The molecule has 1 unspecified atom stereocenters. The normalized spacial score (nSPS) is 12.4. The van der Waals surface area contributed by atoms with E-state index in [0.717, 1.165) is 24.2 Å². The molecule has 3 rings (SSSR count). The summed E-state index contributed by atoms with van der Waals surface area (Å²) in [4.78, 5) is 3.41. The Balaban J connectivity index is 2.10. The van der Waals surface area contributed by atoms with Crippen molar-refractivity contribution in [1.29, 1.82) is 0 Å². The Bertz CT molecular complexity index is 749. The average Bonchev–Trinajstić information content (AvgIpc) is 3.02. The Morgan fingerprint density at radius 2 is 1.91 bits per heavy atom. The van der Waals surface area contributed by atoms with Gasteiger partial charge in [0.1, 0.15) is 5.75 Å². The van der Waals surface area contributed by atoms with E-state index in [4.69, 9.17) is 4.74 Å². The fourth-order valence-corrected chi connectivity index (χ4v) is 3.20. The molecule has 2 aromatic carbocycles. The summed E-state index contributed by atoms with van der Waals surface area (Å²) in [6.07, 6.45) is 3.19. The first-order valence-corrected chi connectivity index (χ1v) is 8.27. The second-order valence-corrected chi connectivity index (χ2v) is 5.71. The summed E-state index contributed by atoms with van der Waals surface area (Å²) in [5.74, 6) is 1.31. The highest BCUT2D eigenvalue weighted by molar-refractivity contribution is 5.90. The van der Waals surface area contributed by atoms with Crippen LogP contribution in [0.15, 0.2) is 54.7 Å². The second-order valence-electron chi connectivity index (χ2n) is 5.71. The van der Waals surface area contributed by atoms with E-state index < -0.39 is 0 Å². The lowest BCUT2D eigenvalue weighted by Gasteiger charge is -2.18. The van der Waals surface area contributed by atoms with Crippen molar-refractivity contribution in [2.45, 2.75) is 19.3 Å². The lowest BCUT2D eigenvalue weighted by molar-refractivity contribution is 0.344. The molecule has 120 valence electrons. The molecule has 0 aliphatic heterocycles. The van der Waals surface area contributed by atoms with E-state index in [-0.39, 0.29) is 0 Å². The van der Waals surface area contributed by atoms with Gasteiger partial charge < -0.3 is 15.0 Å². The molecule has 23 heavy (non-hydrogen) atoms. The third-order valence-electron chi connectivity index (χ3n) is 4.26. The van der Waals surface area contributed by atoms with E-state index in [0.29, 0.717) is 12.5 Å². The van der Waals surface area contributed by atoms with Crippen LogP contribution in [0.3, 0.4) is 0 Å². The number of hydrogen-bond donors (Lipinski definition) is 2. The predicted molar refractivity (Wildman–Crippen MR) is 96.3 cm³/mol. The van der Waals surface area contributed by atoms with Crippen molar-refractivity contribution < 1.29 is 4.74 Å². The highest BCUT2D eigenvalue weighted by Gasteiger charge is 2.19. The summed E-state index contributed by atoms with van der Waals surface area (Å²) in [6.45, 7) is 3.68. The van der Waals surface area contributed by atoms with Crippen LogP contribution in [-0.4, -0.2) is 25.2 Å². The molecule has 0 radical (unpaired) electrons. The summed E-state index contributed by atoms with van der Waals surface area (Å²) in [6, 6.07) is 16.9. The number of fused-ring (bicyclic) bond motifs is 1. The van der Waals surface area contributed by atoms with Crippen LogP contribution in [0, 0.1) is 0 Å². The molecule has 0 saturated heterocycles. The van der Waals surface area contributed by atoms with Crippen LogP contribution in [0.2, 0.25) is 0 Å². The molecular formula is C20H24N2O. The van der Waals surface area contributed by atoms with Crippen LogP contribution >= 0.6 is 0 Å². The molecule has 0 saturated carbocycles. The number of nitrogens with one attached hydrogen (secondary N) is 2. The minimum absolute atomic E-state index is 0.346. The predicted octanol–water partition coefficient (Wildman–Crippen LogP) is 4.31. The molecule has 0 amide bonds. The van der Waals surface area contributed by atoms with Crippen LogP contribution in [-0.2, 0) is 0 Å². The first kappa shape index (κ1) is 15.6. The standard InChI is InChI=1S/C20H24N2O/c1-3-23-19-11-7-10-18-20(19)17(14-22-18)16(12-13-21-2)15-8-5-4-6-9-15/h4-11,14,16,21-22H,3,12-13H2,1-2H3. The summed E-state index contributed by atoms with van der Waals surface area (Å²) in [5.41, 5.74) is 3.79. The van der Waals surface area contributed by atoms with Gasteiger partial charge in [-0.25, -0.2) is 0 Å². The van der Waals surface area contributed by atoms with Gasteiger partial charge >= 0.3 is 0 Å². The summed E-state index contributed by atoms with van der Waals surface area (Å²) >= 11 is 0. The number of benzene rings is 2. The first-order chi connectivity index (χ1) is 11.3. The average molecular weight is 308 g/mol. The topological polar surface area (TPSA) is 37.0 Å². The largest absolute Gasteiger partial charge is 0.493 e. The second kappa shape index (κ2) is 7.34. The van der Waals surface area contributed by atoms with Gasteiger partial charge in [-0.1, -0.05) is 36.4 Å². The Morgan fingerprint density at radius 3 is 2.65 bits per heavy atom. The van der Waals surface area contributed by atoms with E-state index >= 15 is 0 Å². The van der Waals surface area contributed by atoms with Crippen molar-refractivity contribution in [1.82, 2.24) is 10.3 Å². The summed E-state index contributed by atoms with van der Waals surface area (Å²) < 4.78 is 5.87. The van der Waals surface area contributed by atoms with Crippen molar-refractivity contribution in [2.24, 2.45) is 0 Å². The van der Waals surface area contributed by atoms with Crippen LogP contribution in [0.5, 0.6) is 5.75 Å². The molecule has 0 fully saturated rings. The molecule has 1 aromatic heterocycles. The molecule has 3 aromatic rings. The number of aromatic amines is 1. The minimum Gasteiger partial charge on any atom is -0.493 e. The maximum absolute atomic E-state index is 5.87. The number of H-pyrrole nitrogens is 1. The summed E-state index contributed by atoms with van der Waals surface area (Å²) in [7, 11) is 2.00. The van der Waals surface area contributed by atoms with Crippen molar-refractivity contribution in [3.8, 4) is 5.75 Å². The molecule has 0 aliphatic rings. The highest BCUT2D eigenvalue weighted by Crippen LogP contribution is 2.37. The number of rotatable bonds is 7. The van der Waals surface area contributed by atoms with Crippen molar-refractivity contribution in [3.63, 3.8) is 0 Å². The Hall–Kier alpha value is -2.26. The number of aromatic nitrogens is 1. The molecule has 2 N–H and O–H groups in total. The third-order valence-corrected chi connectivity index (χ3v) is 4.26. The van der Waals surface area contributed by atoms with E-state index in [9.17, 15) is 0 Å². The molecule has 0 spiro atoms. The first-order valence-electron chi connectivity index (χ1n) is 8.27. The van der Waals surface area contributed by atoms with E-state index in [1.54, 1.807) is 0 Å². The van der Waals surface area contributed by atoms with Gasteiger partial charge in [-0.3, -0.25) is 0 Å². The maximum Gasteiger partial charge on any atom is 0.128 e. The Morgan fingerprint density at radius 1 is 1.09 bits per heavy atom. The zero-order valence-corrected chi connectivity index (χ0v) is 13.8. The summed E-state index contributed by atoms with van der Waals surface area (Å²) in [5, 5.41) is 4.48. The van der Waals surface area contributed by atoms with E-state index in [2.05, 4.69) is 59.0 Å². The smallest absolute Gasteiger partial charge is 0.128 e. The molecule has 0 aliphatic carbocycles. The lowest BCUT2D eigenvalue weighted by atomic mass is 9.88. The Kier molecular flexibility index (Phi) is 4.99. The number of hydrogen-bond acceptors (Lipinski definition) is 2.